The van der Waals surface area contributed by atoms with Crippen molar-refractivity contribution in [2.75, 3.05) is 0 Å². The van der Waals surface area contributed by atoms with E-state index in [0.29, 0.717) is 16.4 Å². The zero-order valence-corrected chi connectivity index (χ0v) is 10.5. The Morgan fingerprint density at radius 2 is 1.75 bits per heavy atom. The van der Waals surface area contributed by atoms with Crippen LogP contribution in [0, 0.1) is 29.6 Å². The molecule has 0 bridgehead atoms. The number of aromatic nitrogens is 2. The van der Waals surface area contributed by atoms with Gasteiger partial charge in [-0.1, -0.05) is 6.07 Å². The number of fused-ring (bicyclic) bond motifs is 3. The van der Waals surface area contributed by atoms with E-state index >= 15 is 0 Å². The Morgan fingerprint density at radius 3 is 2.45 bits per heavy atom. The molecule has 1 N–H and O–H groups in total. The Labute approximate surface area is 114 Å². The van der Waals surface area contributed by atoms with Gasteiger partial charge in [0.15, 0.2) is 0 Å². The van der Waals surface area contributed by atoms with Crippen LogP contribution >= 0.6 is 0 Å². The second kappa shape index (κ2) is 4.18. The minimum absolute atomic E-state index is 0.0443. The summed E-state index contributed by atoms with van der Waals surface area (Å²) in [5.74, 6) is 0.0443. The molecule has 94 valence electrons. The lowest BCUT2D eigenvalue weighted by molar-refractivity contribution is 0.480. The van der Waals surface area contributed by atoms with Gasteiger partial charge >= 0.3 is 0 Å². The van der Waals surface area contributed by atoms with Crippen LogP contribution in [0.3, 0.4) is 0 Å². The lowest BCUT2D eigenvalue weighted by Crippen LogP contribution is -1.93. The summed E-state index contributed by atoms with van der Waals surface area (Å²) in [5.41, 5.74) is 2.41. The van der Waals surface area contributed by atoms with Gasteiger partial charge < -0.3 is 5.11 Å². The fourth-order valence-electron chi connectivity index (χ4n) is 2.28. The van der Waals surface area contributed by atoms with E-state index in [9.17, 15) is 5.11 Å². The van der Waals surface area contributed by atoms with Crippen molar-refractivity contribution in [3.63, 3.8) is 0 Å². The predicted octanol–water partition coefficient (Wildman–Crippen LogP) is 2.54. The van der Waals surface area contributed by atoms with Gasteiger partial charge in [-0.25, -0.2) is 0 Å². The average molecular weight is 260 g/mol. The fraction of sp³-hybridized carbons (Fsp3) is 0.0667. The number of rotatable bonds is 0. The molecule has 0 atom stereocenters. The summed E-state index contributed by atoms with van der Waals surface area (Å²) in [6, 6.07) is 10.5. The molecular weight excluding hydrogens is 252 g/mol. The van der Waals surface area contributed by atoms with Gasteiger partial charge in [-0.2, -0.15) is 10.5 Å². The van der Waals surface area contributed by atoms with E-state index in [2.05, 4.69) is 10.2 Å². The number of nitrogens with zero attached hydrogens (tertiary/aromatic N) is 4. The van der Waals surface area contributed by atoms with Gasteiger partial charge in [0.1, 0.15) is 23.4 Å². The normalized spacial score (nSPS) is 10.3. The van der Waals surface area contributed by atoms with Crippen LogP contribution in [-0.2, 0) is 0 Å². The maximum atomic E-state index is 9.86. The molecule has 1 aromatic heterocycles. The largest absolute Gasteiger partial charge is 0.506 e. The number of nitriles is 2. The van der Waals surface area contributed by atoms with E-state index in [1.165, 1.54) is 0 Å². The second-order valence-corrected chi connectivity index (χ2v) is 4.46. The third kappa shape index (κ3) is 1.54. The van der Waals surface area contributed by atoms with Crippen molar-refractivity contribution >= 4 is 21.8 Å². The molecule has 0 saturated carbocycles. The van der Waals surface area contributed by atoms with Crippen LogP contribution in [0.15, 0.2) is 24.3 Å². The van der Waals surface area contributed by atoms with Crippen molar-refractivity contribution in [1.82, 2.24) is 10.2 Å². The van der Waals surface area contributed by atoms with Crippen molar-refractivity contribution in [2.24, 2.45) is 0 Å². The molecule has 1 heterocycles. The SMILES string of the molecule is Cc1ccc(O)c2nnc3cc(C#N)c(C#N)cc3c12. The van der Waals surface area contributed by atoms with E-state index < -0.39 is 0 Å². The molecular formula is C15H8N4O. The third-order valence-electron chi connectivity index (χ3n) is 3.27. The van der Waals surface area contributed by atoms with Crippen LogP contribution in [0.25, 0.3) is 21.8 Å². The van der Waals surface area contributed by atoms with Gasteiger partial charge in [-0.15, -0.1) is 10.2 Å². The summed E-state index contributed by atoms with van der Waals surface area (Å²) in [5, 5.41) is 37.5. The molecule has 3 rings (SSSR count). The zero-order valence-electron chi connectivity index (χ0n) is 10.5. The molecule has 0 aliphatic rings. The molecule has 3 aromatic rings. The van der Waals surface area contributed by atoms with Gasteiger partial charge in [0, 0.05) is 10.8 Å². The summed E-state index contributed by atoms with van der Waals surface area (Å²) in [7, 11) is 0. The first-order chi connectivity index (χ1) is 9.65. The molecule has 5 heteroatoms. The van der Waals surface area contributed by atoms with Crippen LogP contribution in [0.2, 0.25) is 0 Å². The Balaban J connectivity index is 2.59. The van der Waals surface area contributed by atoms with Gasteiger partial charge in [-0.3, -0.25) is 0 Å². The lowest BCUT2D eigenvalue weighted by atomic mass is 10.00. The summed E-state index contributed by atoms with van der Waals surface area (Å²) in [4.78, 5) is 0. The number of hydrogen-bond donors (Lipinski definition) is 1. The minimum atomic E-state index is 0.0443. The molecule has 20 heavy (non-hydrogen) atoms. The highest BCUT2D eigenvalue weighted by Gasteiger charge is 2.12. The van der Waals surface area contributed by atoms with E-state index in [1.807, 2.05) is 19.1 Å². The summed E-state index contributed by atoms with van der Waals surface area (Å²) in [6.45, 7) is 1.90. The smallest absolute Gasteiger partial charge is 0.143 e. The Bertz CT molecular complexity index is 948. The minimum Gasteiger partial charge on any atom is -0.506 e. The lowest BCUT2D eigenvalue weighted by Gasteiger charge is -2.07. The summed E-state index contributed by atoms with van der Waals surface area (Å²) >= 11 is 0. The predicted molar refractivity (Wildman–Crippen MR) is 72.9 cm³/mol. The van der Waals surface area contributed by atoms with Crippen LogP contribution in [0.4, 0.5) is 0 Å². The highest BCUT2D eigenvalue weighted by Crippen LogP contribution is 2.31. The van der Waals surface area contributed by atoms with Crippen molar-refractivity contribution in [2.45, 2.75) is 6.92 Å². The maximum Gasteiger partial charge on any atom is 0.143 e. The number of aryl methyl sites for hydroxylation is 1. The van der Waals surface area contributed by atoms with E-state index in [1.54, 1.807) is 24.3 Å². The molecule has 0 fully saturated rings. The molecule has 0 radical (unpaired) electrons. The molecule has 2 aromatic carbocycles. The van der Waals surface area contributed by atoms with Gasteiger partial charge in [0.05, 0.1) is 16.6 Å². The highest BCUT2D eigenvalue weighted by atomic mass is 16.3. The number of benzene rings is 2. The highest BCUT2D eigenvalue weighted by molar-refractivity contribution is 6.07. The van der Waals surface area contributed by atoms with Gasteiger partial charge in [0.25, 0.3) is 0 Å². The van der Waals surface area contributed by atoms with Crippen LogP contribution in [-0.4, -0.2) is 15.3 Å². The van der Waals surface area contributed by atoms with Crippen molar-refractivity contribution in [1.29, 1.82) is 10.5 Å². The van der Waals surface area contributed by atoms with Crippen molar-refractivity contribution in [3.8, 4) is 17.9 Å². The van der Waals surface area contributed by atoms with Crippen molar-refractivity contribution < 1.29 is 5.11 Å². The first kappa shape index (κ1) is 11.9. The monoisotopic (exact) mass is 260 g/mol. The molecule has 5 nitrogen and oxygen atoms in total. The zero-order chi connectivity index (χ0) is 14.3. The van der Waals surface area contributed by atoms with E-state index in [-0.39, 0.29) is 16.9 Å². The maximum absolute atomic E-state index is 9.86. The Kier molecular flexibility index (Phi) is 2.49. The summed E-state index contributed by atoms with van der Waals surface area (Å²) in [6.07, 6.45) is 0. The topological polar surface area (TPSA) is 93.6 Å². The molecule has 0 spiro atoms. The van der Waals surface area contributed by atoms with Crippen LogP contribution in [0.1, 0.15) is 16.7 Å². The van der Waals surface area contributed by atoms with E-state index in [0.717, 1.165) is 10.9 Å². The number of hydrogen-bond acceptors (Lipinski definition) is 5. The molecule has 0 aliphatic heterocycles. The van der Waals surface area contributed by atoms with Crippen molar-refractivity contribution in [3.05, 3.63) is 41.0 Å². The molecule has 0 saturated heterocycles. The molecule has 0 unspecified atom stereocenters. The third-order valence-corrected chi connectivity index (χ3v) is 3.27. The fourth-order valence-corrected chi connectivity index (χ4v) is 2.28. The number of aromatic hydroxyl groups is 1. The molecule has 0 amide bonds. The second-order valence-electron chi connectivity index (χ2n) is 4.46. The van der Waals surface area contributed by atoms with Gasteiger partial charge in [-0.05, 0) is 30.7 Å². The standard InChI is InChI=1S/C15H8N4O/c1-8-2-3-13(20)15-14(8)11-4-9(6-16)10(7-17)5-12(11)18-19-15/h2-5,20H,1H3. The first-order valence-electron chi connectivity index (χ1n) is 5.88. The van der Waals surface area contributed by atoms with Gasteiger partial charge in [0.2, 0.25) is 0 Å². The van der Waals surface area contributed by atoms with Crippen LogP contribution in [0.5, 0.6) is 5.75 Å². The average Bonchev–Trinajstić information content (AvgIpc) is 2.48. The van der Waals surface area contributed by atoms with E-state index in [4.69, 9.17) is 10.5 Å². The number of phenolic OH excluding ortho intramolecular Hbond substituents is 1. The summed E-state index contributed by atoms with van der Waals surface area (Å²) < 4.78 is 0. The number of phenols is 1. The Hall–Kier alpha value is -3.18. The van der Waals surface area contributed by atoms with Crippen LogP contribution < -0.4 is 0 Å². The Morgan fingerprint density at radius 1 is 1.05 bits per heavy atom. The molecule has 0 aliphatic carbocycles. The first-order valence-corrected chi connectivity index (χ1v) is 5.88. The quantitative estimate of drug-likeness (QED) is 0.627.